The molecule has 23 heavy (non-hydrogen) atoms. The zero-order chi connectivity index (χ0) is 17.6. The number of hydrogen-bond donors (Lipinski definition) is 1. The number of nitrogens with two attached hydrogens (primary N) is 1. The lowest BCUT2D eigenvalue weighted by atomic mass is 10.2. The van der Waals surface area contributed by atoms with Crippen LogP contribution in [0.25, 0.3) is 0 Å². The van der Waals surface area contributed by atoms with Crippen molar-refractivity contribution in [2.24, 2.45) is 5.73 Å². The summed E-state index contributed by atoms with van der Waals surface area (Å²) in [7, 11) is -2.57. The van der Waals surface area contributed by atoms with E-state index in [9.17, 15) is 0 Å². The SMILES string of the molecule is CCCCN(CCCC)C(N)CC[Si](OCC)(OCC)OCC. The van der Waals surface area contributed by atoms with Crippen molar-refractivity contribution in [3.8, 4) is 0 Å². The molecule has 0 heterocycles. The van der Waals surface area contributed by atoms with Crippen molar-refractivity contribution < 1.29 is 13.3 Å². The zero-order valence-corrected chi connectivity index (χ0v) is 17.1. The van der Waals surface area contributed by atoms with Gasteiger partial charge in [-0.1, -0.05) is 26.7 Å². The summed E-state index contributed by atoms with van der Waals surface area (Å²) in [5.74, 6) is 0. The van der Waals surface area contributed by atoms with E-state index in [0.717, 1.165) is 25.6 Å². The Morgan fingerprint density at radius 2 is 1.26 bits per heavy atom. The van der Waals surface area contributed by atoms with Gasteiger partial charge in [0, 0.05) is 25.9 Å². The van der Waals surface area contributed by atoms with Crippen LogP contribution in [-0.2, 0) is 13.3 Å². The van der Waals surface area contributed by atoms with Crippen molar-refractivity contribution in [3.63, 3.8) is 0 Å². The quantitative estimate of drug-likeness (QED) is 0.341. The van der Waals surface area contributed by atoms with E-state index in [0.29, 0.717) is 19.8 Å². The van der Waals surface area contributed by atoms with E-state index in [-0.39, 0.29) is 6.17 Å². The molecule has 0 fully saturated rings. The second-order valence-electron chi connectivity index (χ2n) is 5.83. The van der Waals surface area contributed by atoms with Crippen molar-refractivity contribution in [1.29, 1.82) is 0 Å². The highest BCUT2D eigenvalue weighted by Gasteiger charge is 2.40. The highest BCUT2D eigenvalue weighted by molar-refractivity contribution is 6.60. The molecule has 0 rings (SSSR count). The summed E-state index contributed by atoms with van der Waals surface area (Å²) in [5, 5.41) is 0. The van der Waals surface area contributed by atoms with Gasteiger partial charge in [-0.2, -0.15) is 0 Å². The third kappa shape index (κ3) is 9.79. The van der Waals surface area contributed by atoms with E-state index in [1.165, 1.54) is 25.7 Å². The lowest BCUT2D eigenvalue weighted by Crippen LogP contribution is -2.49. The van der Waals surface area contributed by atoms with E-state index in [1.54, 1.807) is 0 Å². The van der Waals surface area contributed by atoms with Gasteiger partial charge in [0.15, 0.2) is 0 Å². The van der Waals surface area contributed by atoms with E-state index in [1.807, 2.05) is 20.8 Å². The number of nitrogens with zero attached hydrogens (tertiary/aromatic N) is 1. The topological polar surface area (TPSA) is 57.0 Å². The monoisotopic (exact) mass is 348 g/mol. The Labute approximate surface area is 145 Å². The van der Waals surface area contributed by atoms with E-state index >= 15 is 0 Å². The van der Waals surface area contributed by atoms with Crippen LogP contribution in [0.15, 0.2) is 0 Å². The number of hydrogen-bond acceptors (Lipinski definition) is 5. The van der Waals surface area contributed by atoms with Crippen molar-refractivity contribution >= 4 is 8.80 Å². The fourth-order valence-corrected chi connectivity index (χ4v) is 5.33. The molecule has 1 atom stereocenters. The van der Waals surface area contributed by atoms with Crippen molar-refractivity contribution in [2.75, 3.05) is 32.9 Å². The minimum atomic E-state index is -2.57. The smallest absolute Gasteiger partial charge is 0.374 e. The molecule has 140 valence electrons. The average molecular weight is 349 g/mol. The molecule has 6 heteroatoms. The lowest BCUT2D eigenvalue weighted by Gasteiger charge is -2.33. The Balaban J connectivity index is 4.66. The third-order valence-electron chi connectivity index (χ3n) is 3.91. The molecule has 0 aliphatic heterocycles. The Morgan fingerprint density at radius 1 is 0.826 bits per heavy atom. The molecule has 0 spiro atoms. The average Bonchev–Trinajstić information content (AvgIpc) is 2.53. The fraction of sp³-hybridized carbons (Fsp3) is 1.00. The first-order chi connectivity index (χ1) is 11.1. The van der Waals surface area contributed by atoms with Gasteiger partial charge in [0.25, 0.3) is 0 Å². The second-order valence-corrected chi connectivity index (χ2v) is 8.56. The predicted molar refractivity (Wildman–Crippen MR) is 99.4 cm³/mol. The largest absolute Gasteiger partial charge is 0.501 e. The van der Waals surface area contributed by atoms with E-state index < -0.39 is 8.80 Å². The first-order valence-corrected chi connectivity index (χ1v) is 11.4. The summed E-state index contributed by atoms with van der Waals surface area (Å²) in [4.78, 5) is 2.41. The highest BCUT2D eigenvalue weighted by Crippen LogP contribution is 2.20. The molecular weight excluding hydrogens is 308 g/mol. The molecule has 0 aliphatic rings. The molecule has 0 saturated heterocycles. The van der Waals surface area contributed by atoms with Gasteiger partial charge in [-0.15, -0.1) is 0 Å². The van der Waals surface area contributed by atoms with Gasteiger partial charge in [-0.05, 0) is 53.1 Å². The molecule has 0 aromatic rings. The molecule has 0 aromatic carbocycles. The predicted octanol–water partition coefficient (Wildman–Crippen LogP) is 3.61. The Hall–Kier alpha value is 0.0169. The van der Waals surface area contributed by atoms with Gasteiger partial charge >= 0.3 is 8.80 Å². The van der Waals surface area contributed by atoms with E-state index in [2.05, 4.69) is 18.7 Å². The van der Waals surface area contributed by atoms with Crippen LogP contribution < -0.4 is 5.73 Å². The van der Waals surface area contributed by atoms with Gasteiger partial charge < -0.3 is 19.0 Å². The van der Waals surface area contributed by atoms with Gasteiger partial charge in [-0.25, -0.2) is 0 Å². The van der Waals surface area contributed by atoms with Crippen molar-refractivity contribution in [1.82, 2.24) is 4.90 Å². The first kappa shape index (κ1) is 23.0. The molecule has 0 bridgehead atoms. The molecule has 0 amide bonds. The summed E-state index contributed by atoms with van der Waals surface area (Å²) in [6, 6.07) is 0.790. The van der Waals surface area contributed by atoms with Gasteiger partial charge in [0.1, 0.15) is 0 Å². The van der Waals surface area contributed by atoms with Crippen molar-refractivity contribution in [3.05, 3.63) is 0 Å². The van der Waals surface area contributed by atoms with Gasteiger partial charge in [0.05, 0.1) is 6.17 Å². The Bertz CT molecular complexity index is 245. The summed E-state index contributed by atoms with van der Waals surface area (Å²) in [6.45, 7) is 14.4. The molecule has 0 aliphatic carbocycles. The minimum absolute atomic E-state index is 0.0568. The standard InChI is InChI=1S/C17H40N2O3Si/c1-6-11-14-19(15-12-7-2)17(18)13-16-23(20-8-3,21-9-4)22-10-5/h17H,6-16,18H2,1-5H3. The minimum Gasteiger partial charge on any atom is -0.374 e. The van der Waals surface area contributed by atoms with Crippen LogP contribution in [0.3, 0.4) is 0 Å². The second kappa shape index (κ2) is 14.4. The first-order valence-electron chi connectivity index (χ1n) is 9.50. The normalized spacial score (nSPS) is 13.7. The summed E-state index contributed by atoms with van der Waals surface area (Å²) in [6.07, 6.45) is 5.71. The van der Waals surface area contributed by atoms with Crippen LogP contribution in [0, 0.1) is 0 Å². The van der Waals surface area contributed by atoms with Crippen molar-refractivity contribution in [2.45, 2.75) is 78.9 Å². The highest BCUT2D eigenvalue weighted by atomic mass is 28.4. The Morgan fingerprint density at radius 3 is 1.61 bits per heavy atom. The third-order valence-corrected chi connectivity index (χ3v) is 6.99. The van der Waals surface area contributed by atoms with Crippen LogP contribution in [0.5, 0.6) is 0 Å². The summed E-state index contributed by atoms with van der Waals surface area (Å²) in [5.41, 5.74) is 6.48. The number of unbranched alkanes of at least 4 members (excludes halogenated alkanes) is 2. The van der Waals surface area contributed by atoms with E-state index in [4.69, 9.17) is 19.0 Å². The van der Waals surface area contributed by atoms with Gasteiger partial charge in [-0.3, -0.25) is 4.90 Å². The number of rotatable bonds is 16. The molecule has 0 saturated carbocycles. The van der Waals surface area contributed by atoms with Gasteiger partial charge in [0.2, 0.25) is 0 Å². The molecule has 2 N–H and O–H groups in total. The van der Waals surface area contributed by atoms with Crippen LogP contribution >= 0.6 is 0 Å². The Kier molecular flexibility index (Phi) is 14.4. The maximum atomic E-state index is 6.48. The summed E-state index contributed by atoms with van der Waals surface area (Å²) >= 11 is 0. The summed E-state index contributed by atoms with van der Waals surface area (Å²) < 4.78 is 17.8. The fourth-order valence-electron chi connectivity index (χ4n) is 2.67. The van der Waals surface area contributed by atoms with Crippen LogP contribution in [-0.4, -0.2) is 52.8 Å². The molecule has 1 unspecified atom stereocenters. The maximum Gasteiger partial charge on any atom is 0.501 e. The zero-order valence-electron chi connectivity index (χ0n) is 16.1. The van der Waals surface area contributed by atoms with Crippen LogP contribution in [0.2, 0.25) is 6.04 Å². The molecule has 0 aromatic heterocycles. The van der Waals surface area contributed by atoms with Crippen LogP contribution in [0.1, 0.15) is 66.7 Å². The lowest BCUT2D eigenvalue weighted by molar-refractivity contribution is 0.0674. The maximum absolute atomic E-state index is 6.48. The molecule has 0 radical (unpaired) electrons. The molecule has 5 nitrogen and oxygen atoms in total. The van der Waals surface area contributed by atoms with Crippen LogP contribution in [0.4, 0.5) is 0 Å². The molecular formula is C17H40N2O3Si.